The smallest absolute Gasteiger partial charge is 0.471 e. The van der Waals surface area contributed by atoms with Crippen molar-refractivity contribution >= 4 is 23.8 Å². The van der Waals surface area contributed by atoms with Gasteiger partial charge in [0, 0.05) is 6.54 Å². The highest BCUT2D eigenvalue weighted by Crippen LogP contribution is 2.14. The largest absolute Gasteiger partial charge is 0.480 e. The summed E-state index contributed by atoms with van der Waals surface area (Å²) in [6, 6.07) is 7.19. The molecule has 0 aliphatic carbocycles. The fraction of sp³-hybridized carbons (Fsp3) is 0.600. The van der Waals surface area contributed by atoms with Crippen molar-refractivity contribution in [3.05, 3.63) is 35.9 Å². The molecule has 214 valence electrons. The number of aliphatic carboxylic acids is 2. The molecule has 0 bridgehead atoms. The topological polar surface area (TPSA) is 154 Å². The molecule has 1 heterocycles. The van der Waals surface area contributed by atoms with Gasteiger partial charge in [-0.1, -0.05) is 30.3 Å². The van der Waals surface area contributed by atoms with Crippen LogP contribution in [0.1, 0.15) is 51.0 Å². The molecule has 1 fully saturated rings. The minimum atomic E-state index is -4.95. The molecule has 1 aromatic carbocycles. The van der Waals surface area contributed by atoms with E-state index in [1.165, 1.54) is 0 Å². The molecular formula is C25H36F3N3O7. The molecule has 2 rings (SSSR count). The van der Waals surface area contributed by atoms with Crippen LogP contribution in [0.5, 0.6) is 0 Å². The molecule has 0 spiro atoms. The monoisotopic (exact) mass is 547 g/mol. The molecule has 0 radical (unpaired) electrons. The Morgan fingerprint density at radius 2 is 1.76 bits per heavy atom. The van der Waals surface area contributed by atoms with Crippen LogP contribution >= 0.6 is 0 Å². The number of hydrogen-bond donors (Lipinski definition) is 5. The Kier molecular flexibility index (Phi) is 15.0. The number of ether oxygens (including phenoxy) is 1. The molecule has 1 aliphatic rings. The second-order valence-corrected chi connectivity index (χ2v) is 8.62. The average molecular weight is 548 g/mol. The predicted molar refractivity (Wildman–Crippen MR) is 131 cm³/mol. The molecular weight excluding hydrogens is 511 g/mol. The number of carbonyl (C=O) groups excluding carboxylic acids is 2. The molecule has 5 N–H and O–H groups in total. The standard InChI is InChI=1S/C20H27F3N2O5.C5H9NO2/c1-2-30-18(28)16(12-11-14-8-4-3-5-9-14)25-15(17(26)27)10-6-7-13-24-19(29)20(21,22)23;7-5(8)4-2-1-3-6-4/h3-5,8-9,15-16,25H,2,6-7,10-13H2,1H3,(H,24,29)(H,26,27);4,6H,1-3H2,(H,7,8). The van der Waals surface area contributed by atoms with Gasteiger partial charge in [0.25, 0.3) is 0 Å². The number of carboxylic acids is 2. The summed E-state index contributed by atoms with van der Waals surface area (Å²) in [4.78, 5) is 44.7. The fourth-order valence-corrected chi connectivity index (χ4v) is 3.66. The summed E-state index contributed by atoms with van der Waals surface area (Å²) in [7, 11) is 0. The second kappa shape index (κ2) is 17.3. The number of hydrogen-bond acceptors (Lipinski definition) is 7. The number of amides is 1. The van der Waals surface area contributed by atoms with Crippen molar-refractivity contribution < 1.29 is 47.3 Å². The molecule has 13 heteroatoms. The Labute approximate surface area is 219 Å². The van der Waals surface area contributed by atoms with Gasteiger partial charge in [0.15, 0.2) is 0 Å². The average Bonchev–Trinajstić information content (AvgIpc) is 3.41. The third-order valence-electron chi connectivity index (χ3n) is 5.66. The number of esters is 1. The number of carbonyl (C=O) groups is 4. The van der Waals surface area contributed by atoms with Gasteiger partial charge in [-0.3, -0.25) is 24.5 Å². The van der Waals surface area contributed by atoms with Crippen molar-refractivity contribution in [2.24, 2.45) is 0 Å². The third kappa shape index (κ3) is 13.4. The predicted octanol–water partition coefficient (Wildman–Crippen LogP) is 2.27. The van der Waals surface area contributed by atoms with E-state index in [-0.39, 0.29) is 38.5 Å². The maximum Gasteiger partial charge on any atom is 0.471 e. The van der Waals surface area contributed by atoms with Crippen LogP contribution in [0, 0.1) is 0 Å². The van der Waals surface area contributed by atoms with Crippen molar-refractivity contribution in [3.63, 3.8) is 0 Å². The highest BCUT2D eigenvalue weighted by molar-refractivity contribution is 5.81. The quantitative estimate of drug-likeness (QED) is 0.174. The van der Waals surface area contributed by atoms with Crippen LogP contribution in [0.15, 0.2) is 30.3 Å². The number of rotatable bonds is 14. The van der Waals surface area contributed by atoms with Crippen LogP contribution in [-0.2, 0) is 30.3 Å². The number of alkyl halides is 3. The summed E-state index contributed by atoms with van der Waals surface area (Å²) in [5.74, 6) is -4.48. The maximum atomic E-state index is 12.2. The van der Waals surface area contributed by atoms with Crippen LogP contribution in [0.2, 0.25) is 0 Å². The van der Waals surface area contributed by atoms with Crippen LogP contribution in [0.3, 0.4) is 0 Å². The van der Waals surface area contributed by atoms with Crippen LogP contribution in [0.4, 0.5) is 13.2 Å². The maximum absolute atomic E-state index is 12.2. The first-order valence-electron chi connectivity index (χ1n) is 12.5. The Morgan fingerprint density at radius 3 is 2.26 bits per heavy atom. The van der Waals surface area contributed by atoms with E-state index in [0.29, 0.717) is 12.8 Å². The van der Waals surface area contributed by atoms with Gasteiger partial charge in [0.2, 0.25) is 0 Å². The van der Waals surface area contributed by atoms with Gasteiger partial charge >= 0.3 is 30.0 Å². The van der Waals surface area contributed by atoms with Gasteiger partial charge in [-0.05, 0) is 64.0 Å². The SMILES string of the molecule is CCOC(=O)C(CCc1ccccc1)NC(CCCCNC(=O)C(F)(F)F)C(=O)O.O=C(O)C1CCCN1. The van der Waals surface area contributed by atoms with Gasteiger partial charge < -0.3 is 25.6 Å². The summed E-state index contributed by atoms with van der Waals surface area (Å²) in [6.07, 6.45) is -1.80. The molecule has 38 heavy (non-hydrogen) atoms. The molecule has 1 amide bonds. The van der Waals surface area contributed by atoms with E-state index in [2.05, 4.69) is 10.6 Å². The molecule has 3 unspecified atom stereocenters. The highest BCUT2D eigenvalue weighted by Gasteiger charge is 2.38. The number of halogens is 3. The second-order valence-electron chi connectivity index (χ2n) is 8.62. The third-order valence-corrected chi connectivity index (χ3v) is 5.66. The highest BCUT2D eigenvalue weighted by atomic mass is 19.4. The number of unbranched alkanes of at least 4 members (excludes halogenated alkanes) is 1. The van der Waals surface area contributed by atoms with E-state index in [9.17, 15) is 37.5 Å². The summed E-state index contributed by atoms with van der Waals surface area (Å²) in [6.45, 7) is 2.44. The molecule has 0 saturated carbocycles. The van der Waals surface area contributed by atoms with E-state index >= 15 is 0 Å². The van der Waals surface area contributed by atoms with E-state index in [1.807, 2.05) is 30.3 Å². The van der Waals surface area contributed by atoms with Gasteiger partial charge in [0.1, 0.15) is 18.1 Å². The van der Waals surface area contributed by atoms with Crippen molar-refractivity contribution in [1.82, 2.24) is 16.0 Å². The molecule has 10 nitrogen and oxygen atoms in total. The summed E-state index contributed by atoms with van der Waals surface area (Å²) in [5, 5.41) is 25.2. The van der Waals surface area contributed by atoms with E-state index in [4.69, 9.17) is 9.84 Å². The lowest BCUT2D eigenvalue weighted by atomic mass is 10.0. The zero-order valence-corrected chi connectivity index (χ0v) is 21.3. The van der Waals surface area contributed by atoms with Gasteiger partial charge in [-0.15, -0.1) is 0 Å². The molecule has 1 aliphatic heterocycles. The normalized spacial score (nSPS) is 16.5. The lowest BCUT2D eigenvalue weighted by Crippen LogP contribution is -2.48. The number of aryl methyl sites for hydroxylation is 1. The van der Waals surface area contributed by atoms with E-state index in [1.54, 1.807) is 12.2 Å². The van der Waals surface area contributed by atoms with Gasteiger partial charge in [0.05, 0.1) is 6.61 Å². The lowest BCUT2D eigenvalue weighted by molar-refractivity contribution is -0.173. The Bertz CT molecular complexity index is 879. The van der Waals surface area contributed by atoms with Crippen molar-refractivity contribution in [2.45, 2.75) is 76.2 Å². The van der Waals surface area contributed by atoms with Crippen LogP contribution < -0.4 is 16.0 Å². The van der Waals surface area contributed by atoms with E-state index < -0.39 is 42.1 Å². The van der Waals surface area contributed by atoms with Gasteiger partial charge in [-0.25, -0.2) is 0 Å². The fourth-order valence-electron chi connectivity index (χ4n) is 3.66. The van der Waals surface area contributed by atoms with E-state index in [0.717, 1.165) is 24.9 Å². The molecule has 0 aromatic heterocycles. The number of benzene rings is 1. The molecule has 1 saturated heterocycles. The van der Waals surface area contributed by atoms with Crippen molar-refractivity contribution in [1.29, 1.82) is 0 Å². The summed E-state index contributed by atoms with van der Waals surface area (Å²) < 4.78 is 41.4. The first-order valence-corrected chi connectivity index (χ1v) is 12.5. The summed E-state index contributed by atoms with van der Waals surface area (Å²) in [5.41, 5.74) is 0.987. The summed E-state index contributed by atoms with van der Waals surface area (Å²) >= 11 is 0. The Morgan fingerprint density at radius 1 is 1.08 bits per heavy atom. The zero-order chi connectivity index (χ0) is 28.6. The first-order chi connectivity index (χ1) is 18.0. The number of carboxylic acid groups (broad SMARTS) is 2. The Hall–Kier alpha value is -3.19. The molecule has 3 atom stereocenters. The molecule has 1 aromatic rings. The minimum Gasteiger partial charge on any atom is -0.480 e. The first kappa shape index (κ1) is 32.8. The van der Waals surface area contributed by atoms with Crippen molar-refractivity contribution in [2.75, 3.05) is 19.7 Å². The van der Waals surface area contributed by atoms with Crippen LogP contribution in [-0.4, -0.2) is 78.0 Å². The van der Waals surface area contributed by atoms with Crippen molar-refractivity contribution in [3.8, 4) is 0 Å². The van der Waals surface area contributed by atoms with Gasteiger partial charge in [-0.2, -0.15) is 13.2 Å². The Balaban J connectivity index is 0.000000763. The van der Waals surface area contributed by atoms with Crippen LogP contribution in [0.25, 0.3) is 0 Å². The number of nitrogens with one attached hydrogen (secondary N) is 3. The zero-order valence-electron chi connectivity index (χ0n) is 21.3. The minimum absolute atomic E-state index is 0.0818. The lowest BCUT2D eigenvalue weighted by Gasteiger charge is -2.22.